The van der Waals surface area contributed by atoms with Gasteiger partial charge in [0.2, 0.25) is 5.91 Å². The van der Waals surface area contributed by atoms with Gasteiger partial charge in [0.05, 0.1) is 18.0 Å². The maximum absolute atomic E-state index is 12.5. The van der Waals surface area contributed by atoms with Crippen molar-refractivity contribution in [3.63, 3.8) is 0 Å². The minimum atomic E-state index is -3.72. The molecular weight excluding hydrogens is 446 g/mol. The molecule has 1 saturated heterocycles. The van der Waals surface area contributed by atoms with E-state index in [9.17, 15) is 13.2 Å². The highest BCUT2D eigenvalue weighted by Gasteiger charge is 2.26. The van der Waals surface area contributed by atoms with Crippen molar-refractivity contribution in [2.45, 2.75) is 29.6 Å². The maximum Gasteiger partial charge on any atom is 0.252 e. The molecule has 2 heterocycles. The highest BCUT2D eigenvalue weighted by atomic mass is 35.5. The van der Waals surface area contributed by atoms with Crippen LogP contribution in [0.5, 0.6) is 5.75 Å². The Morgan fingerprint density at radius 3 is 2.60 bits per heavy atom. The van der Waals surface area contributed by atoms with Crippen LogP contribution in [0, 0.1) is 0 Å². The molecule has 0 spiro atoms. The molecule has 1 fully saturated rings. The number of piperidine rings is 1. The molecule has 1 aromatic heterocycles. The van der Waals surface area contributed by atoms with Crippen LogP contribution in [0.15, 0.2) is 40.6 Å². The molecule has 0 bridgehead atoms. The van der Waals surface area contributed by atoms with Crippen LogP contribution in [-0.2, 0) is 21.4 Å². The van der Waals surface area contributed by atoms with Crippen LogP contribution in [0.25, 0.3) is 0 Å². The molecule has 164 valence electrons. The van der Waals surface area contributed by atoms with E-state index in [1.54, 1.807) is 7.11 Å². The van der Waals surface area contributed by atoms with E-state index in [2.05, 4.69) is 16.3 Å². The fraction of sp³-hybridized carbons (Fsp3) is 0.450. The summed E-state index contributed by atoms with van der Waals surface area (Å²) in [6.45, 7) is 2.28. The molecular formula is C20H26ClN3O4S2. The number of amides is 1. The molecule has 30 heavy (non-hydrogen) atoms. The number of halogens is 1. The Morgan fingerprint density at radius 2 is 1.97 bits per heavy atom. The highest BCUT2D eigenvalue weighted by molar-refractivity contribution is 7.91. The van der Waals surface area contributed by atoms with E-state index in [1.165, 1.54) is 19.2 Å². The van der Waals surface area contributed by atoms with Gasteiger partial charge in [-0.25, -0.2) is 8.42 Å². The lowest BCUT2D eigenvalue weighted by Gasteiger charge is -2.32. The van der Waals surface area contributed by atoms with Gasteiger partial charge in [-0.2, -0.15) is 4.31 Å². The smallest absolute Gasteiger partial charge is 0.252 e. The minimum absolute atomic E-state index is 0.0405. The average molecular weight is 472 g/mol. The maximum atomic E-state index is 12.5. The van der Waals surface area contributed by atoms with Gasteiger partial charge < -0.3 is 10.1 Å². The zero-order chi connectivity index (χ0) is 21.7. The third-order valence-electron chi connectivity index (χ3n) is 5.12. The standard InChI is InChI=1S/C20H26ClN3O4S2/c1-23(30(26,27)20-8-7-18(21)29-20)14-19(25)22-16-9-11-24(12-10-16)13-15-5-3-4-6-17(15)28-2/h3-8,16H,9-14H2,1-2H3,(H,22,25). The van der Waals surface area contributed by atoms with Gasteiger partial charge in [0.15, 0.2) is 0 Å². The third-order valence-corrected chi connectivity index (χ3v) is 8.62. The first-order chi connectivity index (χ1) is 14.3. The van der Waals surface area contributed by atoms with Crippen molar-refractivity contribution in [3.8, 4) is 5.75 Å². The lowest BCUT2D eigenvalue weighted by Crippen LogP contribution is -2.47. The number of sulfonamides is 1. The zero-order valence-corrected chi connectivity index (χ0v) is 19.4. The summed E-state index contributed by atoms with van der Waals surface area (Å²) in [5, 5.41) is 2.97. The molecule has 0 unspecified atom stereocenters. The quantitative estimate of drug-likeness (QED) is 0.640. The number of nitrogens with one attached hydrogen (secondary N) is 1. The number of nitrogens with zero attached hydrogens (tertiary/aromatic N) is 2. The van der Waals surface area contributed by atoms with Gasteiger partial charge in [-0.1, -0.05) is 29.8 Å². The van der Waals surface area contributed by atoms with E-state index in [0.717, 1.165) is 59.4 Å². The van der Waals surface area contributed by atoms with Crippen LogP contribution in [-0.4, -0.2) is 63.4 Å². The Hall–Kier alpha value is -1.65. The van der Waals surface area contributed by atoms with Gasteiger partial charge in [-0.3, -0.25) is 9.69 Å². The van der Waals surface area contributed by atoms with Gasteiger partial charge in [0.25, 0.3) is 10.0 Å². The second kappa shape index (κ2) is 10.1. The number of ether oxygens (including phenoxy) is 1. The van der Waals surface area contributed by atoms with Crippen LogP contribution >= 0.6 is 22.9 Å². The minimum Gasteiger partial charge on any atom is -0.496 e. The fourth-order valence-corrected chi connectivity index (χ4v) is 6.28. The molecule has 1 aliphatic heterocycles. The monoisotopic (exact) mass is 471 g/mol. The van der Waals surface area contributed by atoms with Crippen molar-refractivity contribution in [2.75, 3.05) is 33.8 Å². The average Bonchev–Trinajstić information content (AvgIpc) is 3.17. The van der Waals surface area contributed by atoms with Crippen LogP contribution in [0.1, 0.15) is 18.4 Å². The lowest BCUT2D eigenvalue weighted by atomic mass is 10.0. The van der Waals surface area contributed by atoms with Crippen molar-refractivity contribution in [1.82, 2.24) is 14.5 Å². The number of hydrogen-bond acceptors (Lipinski definition) is 6. The Kier molecular flexibility index (Phi) is 7.75. The summed E-state index contributed by atoms with van der Waals surface area (Å²) in [6, 6.07) is 11.0. The number of likely N-dealkylation sites (N-methyl/N-ethyl adjacent to an activating group) is 1. The third kappa shape index (κ3) is 5.73. The second-order valence-electron chi connectivity index (χ2n) is 7.25. The molecule has 0 aliphatic carbocycles. The summed E-state index contributed by atoms with van der Waals surface area (Å²) in [5.41, 5.74) is 1.14. The molecule has 1 aliphatic rings. The fourth-order valence-electron chi connectivity index (χ4n) is 3.46. The van der Waals surface area contributed by atoms with Gasteiger partial charge in [-0.05, 0) is 31.0 Å². The number of rotatable bonds is 8. The van der Waals surface area contributed by atoms with Gasteiger partial charge in [-0.15, -0.1) is 11.3 Å². The van der Waals surface area contributed by atoms with Crippen LogP contribution in [0.2, 0.25) is 4.34 Å². The number of carbonyl (C=O) groups is 1. The Balaban J connectivity index is 1.47. The molecule has 2 aromatic rings. The first-order valence-corrected chi connectivity index (χ1v) is 12.3. The summed E-state index contributed by atoms with van der Waals surface area (Å²) in [6.07, 6.45) is 1.63. The Bertz CT molecular complexity index is 972. The summed E-state index contributed by atoms with van der Waals surface area (Å²) < 4.78 is 32.0. The van der Waals surface area contributed by atoms with Crippen molar-refractivity contribution in [2.24, 2.45) is 0 Å². The predicted octanol–water partition coefficient (Wildman–Crippen LogP) is 2.81. The summed E-state index contributed by atoms with van der Waals surface area (Å²) in [5.74, 6) is 0.580. The first kappa shape index (κ1) is 23.0. The molecule has 1 aromatic carbocycles. The second-order valence-corrected chi connectivity index (χ2v) is 11.2. The largest absolute Gasteiger partial charge is 0.496 e. The lowest BCUT2D eigenvalue weighted by molar-refractivity contribution is -0.122. The molecule has 1 N–H and O–H groups in total. The van der Waals surface area contributed by atoms with E-state index in [1.807, 2.05) is 18.2 Å². The van der Waals surface area contributed by atoms with E-state index in [-0.39, 0.29) is 22.7 Å². The summed E-state index contributed by atoms with van der Waals surface area (Å²) in [4.78, 5) is 14.7. The zero-order valence-electron chi connectivity index (χ0n) is 17.0. The predicted molar refractivity (Wildman–Crippen MR) is 119 cm³/mol. The summed E-state index contributed by atoms with van der Waals surface area (Å²) in [7, 11) is -0.645. The molecule has 7 nitrogen and oxygen atoms in total. The number of hydrogen-bond donors (Lipinski definition) is 1. The molecule has 0 atom stereocenters. The van der Waals surface area contributed by atoms with E-state index < -0.39 is 10.0 Å². The Labute approximate surface area is 186 Å². The summed E-state index contributed by atoms with van der Waals surface area (Å²) >= 11 is 6.81. The van der Waals surface area contributed by atoms with Crippen molar-refractivity contribution in [3.05, 3.63) is 46.3 Å². The number of benzene rings is 1. The number of thiophene rings is 1. The van der Waals surface area contributed by atoms with Crippen molar-refractivity contribution < 1.29 is 17.9 Å². The van der Waals surface area contributed by atoms with Crippen LogP contribution in [0.4, 0.5) is 0 Å². The van der Waals surface area contributed by atoms with E-state index in [0.29, 0.717) is 4.34 Å². The van der Waals surface area contributed by atoms with Gasteiger partial charge >= 0.3 is 0 Å². The van der Waals surface area contributed by atoms with Gasteiger partial charge in [0, 0.05) is 38.3 Å². The van der Waals surface area contributed by atoms with Crippen molar-refractivity contribution in [1.29, 1.82) is 0 Å². The topological polar surface area (TPSA) is 79.0 Å². The SMILES string of the molecule is COc1ccccc1CN1CCC(NC(=O)CN(C)S(=O)(=O)c2ccc(Cl)s2)CC1. The normalized spacial score (nSPS) is 16.0. The number of methoxy groups -OCH3 is 1. The molecule has 0 radical (unpaired) electrons. The van der Waals surface area contributed by atoms with Crippen LogP contribution in [0.3, 0.4) is 0 Å². The number of para-hydroxylation sites is 1. The van der Waals surface area contributed by atoms with Gasteiger partial charge in [0.1, 0.15) is 9.96 Å². The van der Waals surface area contributed by atoms with Crippen LogP contribution < -0.4 is 10.1 Å². The highest BCUT2D eigenvalue weighted by Crippen LogP contribution is 2.27. The van der Waals surface area contributed by atoms with E-state index >= 15 is 0 Å². The van der Waals surface area contributed by atoms with E-state index in [4.69, 9.17) is 16.3 Å². The Morgan fingerprint density at radius 1 is 1.27 bits per heavy atom. The molecule has 1 amide bonds. The number of carbonyl (C=O) groups excluding carboxylic acids is 1. The first-order valence-electron chi connectivity index (χ1n) is 9.65. The molecule has 10 heteroatoms. The van der Waals surface area contributed by atoms with Crippen molar-refractivity contribution >= 4 is 38.9 Å². The molecule has 3 rings (SSSR count). The number of likely N-dealkylation sites (tertiary alicyclic amines) is 1. The molecule has 0 saturated carbocycles.